The van der Waals surface area contributed by atoms with Gasteiger partial charge in [-0.15, -0.1) is 0 Å². The van der Waals surface area contributed by atoms with Gasteiger partial charge >= 0.3 is 5.97 Å². The number of pyridine rings is 1. The Morgan fingerprint density at radius 1 is 1.09 bits per heavy atom. The van der Waals surface area contributed by atoms with Crippen molar-refractivity contribution in [1.82, 2.24) is 15.3 Å². The lowest BCUT2D eigenvalue weighted by molar-refractivity contribution is -0.139. The van der Waals surface area contributed by atoms with E-state index in [0.29, 0.717) is 21.7 Å². The summed E-state index contributed by atoms with van der Waals surface area (Å²) in [5.74, 6) is -1.35. The Hall–Kier alpha value is -3.42. The molecular weight excluding hydrogens is 425 g/mol. The number of nitrogens with zero attached hydrogens (tertiary/aromatic N) is 2. The van der Waals surface area contributed by atoms with Gasteiger partial charge in [0.05, 0.1) is 16.7 Å². The van der Waals surface area contributed by atoms with E-state index in [1.165, 1.54) is 17.4 Å². The molecule has 2 N–H and O–H groups in total. The zero-order chi connectivity index (χ0) is 22.3. The SMILES string of the molecule is CC(NCc1cccc(F)c1-c1nc2ccc(C3(c4ccccc4)C=C3)nc2s1)C(=O)O. The molecule has 2 aromatic carbocycles. The minimum Gasteiger partial charge on any atom is -0.480 e. The van der Waals surface area contributed by atoms with E-state index in [4.69, 9.17) is 10.1 Å². The molecule has 0 amide bonds. The Kier molecular flexibility index (Phi) is 5.07. The van der Waals surface area contributed by atoms with Gasteiger partial charge in [0.15, 0.2) is 0 Å². The normalized spacial score (nSPS) is 15.1. The van der Waals surface area contributed by atoms with Crippen LogP contribution in [0.15, 0.2) is 72.8 Å². The number of carboxylic acid groups (broad SMARTS) is 1. The molecule has 1 aliphatic carbocycles. The number of aromatic nitrogens is 2. The predicted octanol–water partition coefficient (Wildman–Crippen LogP) is 4.92. The minimum atomic E-state index is -0.958. The third kappa shape index (κ3) is 3.59. The van der Waals surface area contributed by atoms with Crippen LogP contribution in [-0.2, 0) is 16.8 Å². The molecule has 1 aliphatic rings. The van der Waals surface area contributed by atoms with Crippen LogP contribution < -0.4 is 5.32 Å². The highest BCUT2D eigenvalue weighted by atomic mass is 32.1. The van der Waals surface area contributed by atoms with Gasteiger partial charge in [-0.3, -0.25) is 4.79 Å². The fourth-order valence-electron chi connectivity index (χ4n) is 3.77. The maximum Gasteiger partial charge on any atom is 0.320 e. The fourth-order valence-corrected chi connectivity index (χ4v) is 4.79. The molecule has 7 heteroatoms. The smallest absolute Gasteiger partial charge is 0.320 e. The van der Waals surface area contributed by atoms with Gasteiger partial charge in [-0.1, -0.05) is 66.0 Å². The second kappa shape index (κ2) is 7.93. The first-order valence-electron chi connectivity index (χ1n) is 10.3. The Labute approximate surface area is 188 Å². The summed E-state index contributed by atoms with van der Waals surface area (Å²) in [6.07, 6.45) is 4.26. The third-order valence-corrected chi connectivity index (χ3v) is 6.70. The quantitative estimate of drug-likeness (QED) is 0.395. The van der Waals surface area contributed by atoms with Gasteiger partial charge < -0.3 is 10.4 Å². The molecule has 0 saturated carbocycles. The van der Waals surface area contributed by atoms with E-state index in [1.807, 2.05) is 30.3 Å². The molecule has 4 aromatic rings. The number of nitrogens with one attached hydrogen (secondary N) is 1. The van der Waals surface area contributed by atoms with Crippen molar-refractivity contribution < 1.29 is 14.3 Å². The van der Waals surface area contributed by atoms with Crippen LogP contribution >= 0.6 is 11.3 Å². The summed E-state index contributed by atoms with van der Waals surface area (Å²) >= 11 is 1.34. The number of rotatable bonds is 7. The summed E-state index contributed by atoms with van der Waals surface area (Å²) < 4.78 is 14.8. The standard InChI is InChI=1S/C25H20FN3O2S/c1-15(24(30)31)27-14-16-6-5-9-18(26)21(16)23-28-19-10-11-20(29-22(19)32-23)25(12-13-25)17-7-3-2-4-8-17/h2-13,15,27H,14H2,1H3,(H,30,31). The number of allylic oxidation sites excluding steroid dienone is 2. The van der Waals surface area contributed by atoms with Crippen LogP contribution in [0.5, 0.6) is 0 Å². The van der Waals surface area contributed by atoms with E-state index in [9.17, 15) is 9.18 Å². The molecule has 1 atom stereocenters. The van der Waals surface area contributed by atoms with Gasteiger partial charge in [0.1, 0.15) is 27.2 Å². The number of thiazole rings is 1. The van der Waals surface area contributed by atoms with Gasteiger partial charge in [-0.2, -0.15) is 0 Å². The van der Waals surface area contributed by atoms with Crippen molar-refractivity contribution in [3.05, 3.63) is 95.5 Å². The third-order valence-electron chi connectivity index (χ3n) is 5.71. The zero-order valence-corrected chi connectivity index (χ0v) is 18.1. The average molecular weight is 446 g/mol. The first kappa shape index (κ1) is 20.5. The second-order valence-corrected chi connectivity index (χ2v) is 8.80. The van der Waals surface area contributed by atoms with Crippen molar-refractivity contribution >= 4 is 27.7 Å². The number of fused-ring (bicyclic) bond motifs is 1. The van der Waals surface area contributed by atoms with Crippen molar-refractivity contribution in [1.29, 1.82) is 0 Å². The topological polar surface area (TPSA) is 75.1 Å². The van der Waals surface area contributed by atoms with E-state index < -0.39 is 17.8 Å². The Morgan fingerprint density at radius 2 is 1.88 bits per heavy atom. The van der Waals surface area contributed by atoms with Crippen molar-refractivity contribution in [2.75, 3.05) is 0 Å². The highest BCUT2D eigenvalue weighted by molar-refractivity contribution is 7.21. The Bertz CT molecular complexity index is 1340. The summed E-state index contributed by atoms with van der Waals surface area (Å²) in [6, 6.07) is 18.1. The summed E-state index contributed by atoms with van der Waals surface area (Å²) in [6.45, 7) is 1.77. The van der Waals surface area contributed by atoms with Crippen LogP contribution in [0.4, 0.5) is 4.39 Å². The van der Waals surface area contributed by atoms with Crippen LogP contribution in [-0.4, -0.2) is 27.1 Å². The molecule has 32 heavy (non-hydrogen) atoms. The van der Waals surface area contributed by atoms with Gasteiger partial charge in [-0.25, -0.2) is 14.4 Å². The molecular formula is C25H20FN3O2S. The number of hydrogen-bond acceptors (Lipinski definition) is 5. The first-order chi connectivity index (χ1) is 15.5. The summed E-state index contributed by atoms with van der Waals surface area (Å²) in [5.41, 5.74) is 3.52. The van der Waals surface area contributed by atoms with Crippen molar-refractivity contribution in [2.24, 2.45) is 0 Å². The Morgan fingerprint density at radius 3 is 2.59 bits per heavy atom. The molecule has 1 unspecified atom stereocenters. The highest BCUT2D eigenvalue weighted by Gasteiger charge is 2.39. The summed E-state index contributed by atoms with van der Waals surface area (Å²) in [7, 11) is 0. The van der Waals surface area contributed by atoms with Gasteiger partial charge in [0.25, 0.3) is 0 Å². The van der Waals surface area contributed by atoms with Crippen LogP contribution in [0.1, 0.15) is 23.7 Å². The highest BCUT2D eigenvalue weighted by Crippen LogP contribution is 2.45. The Balaban J connectivity index is 1.51. The van der Waals surface area contributed by atoms with E-state index in [1.54, 1.807) is 19.1 Å². The number of halogens is 1. The predicted molar refractivity (Wildman–Crippen MR) is 123 cm³/mol. The van der Waals surface area contributed by atoms with Crippen molar-refractivity contribution in [3.63, 3.8) is 0 Å². The largest absolute Gasteiger partial charge is 0.480 e. The lowest BCUT2D eigenvalue weighted by Crippen LogP contribution is -2.33. The van der Waals surface area contributed by atoms with Crippen molar-refractivity contribution in [2.45, 2.75) is 24.9 Å². The van der Waals surface area contributed by atoms with E-state index in [0.717, 1.165) is 16.1 Å². The fraction of sp³-hybridized carbons (Fsp3) is 0.160. The molecule has 0 radical (unpaired) electrons. The number of carboxylic acids is 1. The maximum atomic E-state index is 14.8. The van der Waals surface area contributed by atoms with Crippen molar-refractivity contribution in [3.8, 4) is 10.6 Å². The number of aliphatic carboxylic acids is 1. The number of carbonyl (C=O) groups is 1. The molecule has 2 heterocycles. The van der Waals surface area contributed by atoms with Crippen LogP contribution in [0, 0.1) is 5.82 Å². The van der Waals surface area contributed by atoms with E-state index in [2.05, 4.69) is 34.6 Å². The lowest BCUT2D eigenvalue weighted by atomic mass is 9.89. The molecule has 0 spiro atoms. The van der Waals surface area contributed by atoms with E-state index in [-0.39, 0.29) is 12.0 Å². The summed E-state index contributed by atoms with van der Waals surface area (Å²) in [4.78, 5) is 21.4. The van der Waals surface area contributed by atoms with Crippen LogP contribution in [0.3, 0.4) is 0 Å². The molecule has 0 fully saturated rings. The molecule has 5 nitrogen and oxygen atoms in total. The van der Waals surface area contributed by atoms with E-state index >= 15 is 0 Å². The van der Waals surface area contributed by atoms with Crippen LogP contribution in [0.2, 0.25) is 0 Å². The number of benzene rings is 2. The molecule has 0 saturated heterocycles. The summed E-state index contributed by atoms with van der Waals surface area (Å²) in [5, 5.41) is 12.6. The number of hydrogen-bond donors (Lipinski definition) is 2. The monoisotopic (exact) mass is 445 g/mol. The first-order valence-corrected chi connectivity index (χ1v) is 11.1. The second-order valence-electron chi connectivity index (χ2n) is 7.82. The molecule has 2 aromatic heterocycles. The zero-order valence-electron chi connectivity index (χ0n) is 17.2. The van der Waals surface area contributed by atoms with Gasteiger partial charge in [0.2, 0.25) is 0 Å². The molecule has 0 aliphatic heterocycles. The van der Waals surface area contributed by atoms with Crippen LogP contribution in [0.25, 0.3) is 20.9 Å². The average Bonchev–Trinajstić information content (AvgIpc) is 3.51. The van der Waals surface area contributed by atoms with Gasteiger partial charge in [-0.05, 0) is 36.2 Å². The molecule has 0 bridgehead atoms. The molecule has 160 valence electrons. The van der Waals surface area contributed by atoms with Gasteiger partial charge in [0, 0.05) is 6.54 Å². The lowest BCUT2D eigenvalue weighted by Gasteiger charge is -2.15. The minimum absolute atomic E-state index is 0.218. The molecule has 5 rings (SSSR count). The maximum absolute atomic E-state index is 14.8.